The van der Waals surface area contributed by atoms with Crippen LogP contribution in [0.5, 0.6) is 0 Å². The number of methoxy groups -OCH3 is 1. The summed E-state index contributed by atoms with van der Waals surface area (Å²) in [6.07, 6.45) is 2.08. The lowest BCUT2D eigenvalue weighted by atomic mass is 9.96. The lowest BCUT2D eigenvalue weighted by molar-refractivity contribution is -0.127. The van der Waals surface area contributed by atoms with Gasteiger partial charge in [-0.15, -0.1) is 0 Å². The maximum absolute atomic E-state index is 12.1. The first kappa shape index (κ1) is 15.0. The van der Waals surface area contributed by atoms with E-state index in [1.54, 1.807) is 7.11 Å². The van der Waals surface area contributed by atoms with Crippen LogP contribution in [0.2, 0.25) is 0 Å². The molecule has 0 aromatic heterocycles. The number of carbonyl (C=O) groups excluding carboxylic acids is 1. The molecule has 20 heavy (non-hydrogen) atoms. The minimum absolute atomic E-state index is 0.115. The third-order valence-corrected chi connectivity index (χ3v) is 3.73. The molecule has 1 unspecified atom stereocenters. The van der Waals surface area contributed by atoms with Gasteiger partial charge in [-0.05, 0) is 24.9 Å². The van der Waals surface area contributed by atoms with Crippen LogP contribution < -0.4 is 5.32 Å². The summed E-state index contributed by atoms with van der Waals surface area (Å²) >= 11 is 0. The fourth-order valence-electron chi connectivity index (χ4n) is 2.68. The van der Waals surface area contributed by atoms with Gasteiger partial charge in [0, 0.05) is 26.7 Å². The van der Waals surface area contributed by atoms with Crippen molar-refractivity contribution in [2.24, 2.45) is 5.92 Å². The highest BCUT2D eigenvalue weighted by Crippen LogP contribution is 2.18. The molecule has 1 aliphatic heterocycles. The predicted molar refractivity (Wildman–Crippen MR) is 79.3 cm³/mol. The second kappa shape index (κ2) is 8.02. The molecule has 1 heterocycles. The SMILES string of the molecule is COCCNC(=O)C1CCCN(Cc2ccccc2)C1. The zero-order valence-electron chi connectivity index (χ0n) is 12.2. The first-order chi connectivity index (χ1) is 9.79. The quantitative estimate of drug-likeness (QED) is 0.804. The van der Waals surface area contributed by atoms with Gasteiger partial charge >= 0.3 is 0 Å². The largest absolute Gasteiger partial charge is 0.383 e. The fraction of sp³-hybridized carbons (Fsp3) is 0.562. The molecule has 1 aromatic carbocycles. The van der Waals surface area contributed by atoms with E-state index in [4.69, 9.17) is 4.74 Å². The zero-order valence-corrected chi connectivity index (χ0v) is 12.2. The number of benzene rings is 1. The van der Waals surface area contributed by atoms with E-state index in [0.717, 1.165) is 32.5 Å². The fourth-order valence-corrected chi connectivity index (χ4v) is 2.68. The number of hydrogen-bond acceptors (Lipinski definition) is 3. The predicted octanol–water partition coefficient (Wildman–Crippen LogP) is 1.66. The van der Waals surface area contributed by atoms with Crippen LogP contribution >= 0.6 is 0 Å². The maximum atomic E-state index is 12.1. The molecule has 4 nitrogen and oxygen atoms in total. The smallest absolute Gasteiger partial charge is 0.224 e. The van der Waals surface area contributed by atoms with E-state index < -0.39 is 0 Å². The highest BCUT2D eigenvalue weighted by atomic mass is 16.5. The van der Waals surface area contributed by atoms with Gasteiger partial charge in [0.2, 0.25) is 5.91 Å². The Kier molecular flexibility index (Phi) is 6.02. The van der Waals surface area contributed by atoms with E-state index in [-0.39, 0.29) is 11.8 Å². The van der Waals surface area contributed by atoms with E-state index in [2.05, 4.69) is 34.5 Å². The Balaban J connectivity index is 1.80. The van der Waals surface area contributed by atoms with Crippen molar-refractivity contribution in [3.63, 3.8) is 0 Å². The van der Waals surface area contributed by atoms with Crippen molar-refractivity contribution < 1.29 is 9.53 Å². The summed E-state index contributed by atoms with van der Waals surface area (Å²) in [5, 5.41) is 2.95. The number of amides is 1. The van der Waals surface area contributed by atoms with Crippen LogP contribution in [-0.2, 0) is 16.1 Å². The standard InChI is InChI=1S/C16H24N2O2/c1-20-11-9-17-16(19)15-8-5-10-18(13-15)12-14-6-3-2-4-7-14/h2-4,6-7,15H,5,8-13H2,1H3,(H,17,19). The van der Waals surface area contributed by atoms with E-state index >= 15 is 0 Å². The number of likely N-dealkylation sites (tertiary alicyclic amines) is 1. The number of nitrogens with zero attached hydrogens (tertiary/aromatic N) is 1. The summed E-state index contributed by atoms with van der Waals surface area (Å²) in [6, 6.07) is 10.4. The van der Waals surface area contributed by atoms with E-state index in [0.29, 0.717) is 13.2 Å². The maximum Gasteiger partial charge on any atom is 0.224 e. The first-order valence-corrected chi connectivity index (χ1v) is 7.32. The Morgan fingerprint density at radius 1 is 1.40 bits per heavy atom. The van der Waals surface area contributed by atoms with Crippen molar-refractivity contribution in [1.29, 1.82) is 0 Å². The molecule has 1 aliphatic rings. The van der Waals surface area contributed by atoms with Gasteiger partial charge < -0.3 is 10.1 Å². The minimum atomic E-state index is 0.115. The van der Waals surface area contributed by atoms with Crippen molar-refractivity contribution in [3.05, 3.63) is 35.9 Å². The summed E-state index contributed by atoms with van der Waals surface area (Å²) in [4.78, 5) is 14.5. The highest BCUT2D eigenvalue weighted by Gasteiger charge is 2.25. The molecule has 1 fully saturated rings. The highest BCUT2D eigenvalue weighted by molar-refractivity contribution is 5.78. The lowest BCUT2D eigenvalue weighted by Gasteiger charge is -2.32. The monoisotopic (exact) mass is 276 g/mol. The van der Waals surface area contributed by atoms with Gasteiger partial charge in [-0.2, -0.15) is 0 Å². The second-order valence-electron chi connectivity index (χ2n) is 5.34. The van der Waals surface area contributed by atoms with E-state index in [9.17, 15) is 4.79 Å². The average Bonchev–Trinajstić information content (AvgIpc) is 2.49. The van der Waals surface area contributed by atoms with Crippen molar-refractivity contribution in [1.82, 2.24) is 10.2 Å². The van der Waals surface area contributed by atoms with Gasteiger partial charge in [0.1, 0.15) is 0 Å². The van der Waals surface area contributed by atoms with Crippen LogP contribution in [0.15, 0.2) is 30.3 Å². The van der Waals surface area contributed by atoms with Crippen LogP contribution in [0, 0.1) is 5.92 Å². The molecule has 110 valence electrons. The van der Waals surface area contributed by atoms with Crippen molar-refractivity contribution >= 4 is 5.91 Å². The van der Waals surface area contributed by atoms with Crippen molar-refractivity contribution in [3.8, 4) is 0 Å². The van der Waals surface area contributed by atoms with Crippen LogP contribution in [-0.4, -0.2) is 44.2 Å². The number of carbonyl (C=O) groups is 1. The van der Waals surface area contributed by atoms with E-state index in [1.807, 2.05) is 6.07 Å². The summed E-state index contributed by atoms with van der Waals surface area (Å²) in [6.45, 7) is 4.05. The minimum Gasteiger partial charge on any atom is -0.383 e. The summed E-state index contributed by atoms with van der Waals surface area (Å²) in [7, 11) is 1.65. The van der Waals surface area contributed by atoms with Gasteiger partial charge in [0.05, 0.1) is 12.5 Å². The second-order valence-corrected chi connectivity index (χ2v) is 5.34. The molecular formula is C16H24N2O2. The molecule has 0 saturated carbocycles. The molecule has 0 spiro atoms. The average molecular weight is 276 g/mol. The van der Waals surface area contributed by atoms with Crippen LogP contribution in [0.25, 0.3) is 0 Å². The Morgan fingerprint density at radius 2 is 2.20 bits per heavy atom. The molecule has 0 bridgehead atoms. The molecule has 1 atom stereocenters. The number of hydrogen-bond donors (Lipinski definition) is 1. The molecule has 1 amide bonds. The first-order valence-electron chi connectivity index (χ1n) is 7.32. The summed E-state index contributed by atoms with van der Waals surface area (Å²) in [5.74, 6) is 0.282. The third kappa shape index (κ3) is 4.62. The van der Waals surface area contributed by atoms with Crippen LogP contribution in [0.3, 0.4) is 0 Å². The molecule has 0 aliphatic carbocycles. The van der Waals surface area contributed by atoms with Crippen LogP contribution in [0.4, 0.5) is 0 Å². The van der Waals surface area contributed by atoms with Crippen LogP contribution in [0.1, 0.15) is 18.4 Å². The molecule has 4 heteroatoms. The summed E-state index contributed by atoms with van der Waals surface area (Å²) in [5.41, 5.74) is 1.31. The zero-order chi connectivity index (χ0) is 14.2. The molecule has 2 rings (SSSR count). The van der Waals surface area contributed by atoms with Gasteiger partial charge in [-0.25, -0.2) is 0 Å². The topological polar surface area (TPSA) is 41.6 Å². The molecule has 1 N–H and O–H groups in total. The summed E-state index contributed by atoms with van der Waals surface area (Å²) < 4.78 is 4.95. The lowest BCUT2D eigenvalue weighted by Crippen LogP contribution is -2.43. The van der Waals surface area contributed by atoms with Gasteiger partial charge in [-0.1, -0.05) is 30.3 Å². The number of rotatable bonds is 6. The molecule has 1 saturated heterocycles. The molecular weight excluding hydrogens is 252 g/mol. The Hall–Kier alpha value is -1.39. The van der Waals surface area contributed by atoms with Gasteiger partial charge in [0.15, 0.2) is 0 Å². The molecule has 1 aromatic rings. The van der Waals surface area contributed by atoms with Crippen molar-refractivity contribution in [2.45, 2.75) is 19.4 Å². The Bertz CT molecular complexity index is 408. The van der Waals surface area contributed by atoms with Gasteiger partial charge in [-0.3, -0.25) is 9.69 Å². The van der Waals surface area contributed by atoms with E-state index in [1.165, 1.54) is 5.56 Å². The Labute approximate surface area is 121 Å². The van der Waals surface area contributed by atoms with Gasteiger partial charge in [0.25, 0.3) is 0 Å². The number of piperidine rings is 1. The normalized spacial score (nSPS) is 19.8. The third-order valence-electron chi connectivity index (χ3n) is 3.73. The molecule has 0 radical (unpaired) electrons. The number of nitrogens with one attached hydrogen (secondary N) is 1. The Morgan fingerprint density at radius 3 is 2.95 bits per heavy atom. The van der Waals surface area contributed by atoms with Crippen molar-refractivity contribution in [2.75, 3.05) is 33.4 Å². The number of ether oxygens (including phenoxy) is 1.